The van der Waals surface area contributed by atoms with Crippen molar-refractivity contribution in [2.24, 2.45) is 0 Å². The molecule has 23 heavy (non-hydrogen) atoms. The van der Waals surface area contributed by atoms with Gasteiger partial charge in [0.1, 0.15) is 5.82 Å². The topological polar surface area (TPSA) is 28.2 Å². The number of pyridine rings is 1. The molecule has 1 heterocycles. The molecule has 1 atom stereocenters. The largest absolute Gasteiger partial charge is 0.368 e. The second-order valence-electron chi connectivity index (χ2n) is 6.11. The highest BCUT2D eigenvalue weighted by Gasteiger charge is 2.14. The molecular weight excluding hydrogens is 282 g/mol. The van der Waals surface area contributed by atoms with Crippen LogP contribution in [0.25, 0.3) is 10.9 Å². The fourth-order valence-electron chi connectivity index (χ4n) is 2.92. The third kappa shape index (κ3) is 3.51. The molecule has 3 rings (SSSR count). The summed E-state index contributed by atoms with van der Waals surface area (Å²) in [5.41, 5.74) is 3.60. The lowest BCUT2D eigenvalue weighted by Gasteiger charge is -2.25. The molecule has 0 aliphatic heterocycles. The van der Waals surface area contributed by atoms with E-state index in [1.807, 2.05) is 6.07 Å². The monoisotopic (exact) mass is 305 g/mol. The molecule has 3 heteroatoms. The minimum atomic E-state index is 0.310. The number of hydrogen-bond donors (Lipinski definition) is 1. The lowest BCUT2D eigenvalue weighted by atomic mass is 10.1. The molecule has 0 saturated carbocycles. The van der Waals surface area contributed by atoms with Crippen LogP contribution >= 0.6 is 0 Å². The average Bonchev–Trinajstić information content (AvgIpc) is 2.56. The number of fused-ring (bicyclic) bond motifs is 1. The van der Waals surface area contributed by atoms with Crippen molar-refractivity contribution in [3.63, 3.8) is 0 Å². The van der Waals surface area contributed by atoms with Crippen molar-refractivity contribution >= 4 is 16.7 Å². The van der Waals surface area contributed by atoms with Gasteiger partial charge in [-0.05, 0) is 44.3 Å². The van der Waals surface area contributed by atoms with Crippen LogP contribution in [0.5, 0.6) is 0 Å². The van der Waals surface area contributed by atoms with Gasteiger partial charge < -0.3 is 10.2 Å². The van der Waals surface area contributed by atoms with Crippen LogP contribution in [0, 0.1) is 6.92 Å². The minimum Gasteiger partial charge on any atom is -0.368 e. The molecule has 0 saturated heterocycles. The maximum atomic E-state index is 4.73. The van der Waals surface area contributed by atoms with Crippen LogP contribution in [0.1, 0.15) is 17.2 Å². The lowest BCUT2D eigenvalue weighted by molar-refractivity contribution is 0.311. The number of rotatable bonds is 5. The Kier molecular flexibility index (Phi) is 4.58. The smallest absolute Gasteiger partial charge is 0.126 e. The molecular formula is C20H23N3. The Bertz CT molecular complexity index is 781. The summed E-state index contributed by atoms with van der Waals surface area (Å²) in [7, 11) is 4.22. The molecule has 0 radical (unpaired) electrons. The Balaban J connectivity index is 1.81. The van der Waals surface area contributed by atoms with Crippen molar-refractivity contribution in [2.75, 3.05) is 26.0 Å². The Hall–Kier alpha value is -2.39. The number of benzene rings is 2. The Labute approximate surface area is 138 Å². The SMILES string of the molecule is Cc1cc(NC[C@@H](c2ccccc2)N(C)C)nc2ccccc12. The van der Waals surface area contributed by atoms with Crippen LogP contribution in [0.15, 0.2) is 60.7 Å². The number of likely N-dealkylation sites (N-methyl/N-ethyl adjacent to an activating group) is 1. The van der Waals surface area contributed by atoms with Crippen molar-refractivity contribution in [3.05, 3.63) is 71.8 Å². The summed E-state index contributed by atoms with van der Waals surface area (Å²) in [4.78, 5) is 6.96. The number of nitrogens with one attached hydrogen (secondary N) is 1. The normalized spacial score (nSPS) is 12.5. The van der Waals surface area contributed by atoms with Crippen molar-refractivity contribution < 1.29 is 0 Å². The number of nitrogens with zero attached hydrogens (tertiary/aromatic N) is 2. The minimum absolute atomic E-state index is 0.310. The standard InChI is InChI=1S/C20H23N3/c1-15-13-20(22-18-12-8-7-11-17(15)18)21-14-19(23(2)3)16-9-5-4-6-10-16/h4-13,19H,14H2,1-3H3,(H,21,22)/t19-/m0/s1. The van der Waals surface area contributed by atoms with E-state index in [4.69, 9.17) is 4.98 Å². The van der Waals surface area contributed by atoms with E-state index >= 15 is 0 Å². The second-order valence-corrected chi connectivity index (χ2v) is 6.11. The van der Waals surface area contributed by atoms with E-state index in [2.05, 4.69) is 85.8 Å². The molecule has 0 spiro atoms. The molecule has 0 amide bonds. The maximum absolute atomic E-state index is 4.73. The van der Waals surface area contributed by atoms with Gasteiger partial charge in [-0.25, -0.2) is 4.98 Å². The summed E-state index contributed by atoms with van der Waals surface area (Å²) >= 11 is 0. The summed E-state index contributed by atoms with van der Waals surface area (Å²) in [6.45, 7) is 2.96. The Morgan fingerprint density at radius 2 is 1.70 bits per heavy atom. The molecule has 0 aliphatic rings. The van der Waals surface area contributed by atoms with Crippen molar-refractivity contribution in [2.45, 2.75) is 13.0 Å². The first-order valence-corrected chi connectivity index (χ1v) is 7.97. The first-order valence-electron chi connectivity index (χ1n) is 7.97. The first kappa shape index (κ1) is 15.5. The summed E-state index contributed by atoms with van der Waals surface area (Å²) in [5.74, 6) is 0.934. The average molecular weight is 305 g/mol. The third-order valence-electron chi connectivity index (χ3n) is 4.21. The molecule has 0 unspecified atom stereocenters. The number of aromatic nitrogens is 1. The van der Waals surface area contributed by atoms with E-state index in [1.165, 1.54) is 16.5 Å². The van der Waals surface area contributed by atoms with Crippen LogP contribution in [-0.2, 0) is 0 Å². The lowest BCUT2D eigenvalue weighted by Crippen LogP contribution is -2.27. The molecule has 0 aliphatic carbocycles. The van der Waals surface area contributed by atoms with Gasteiger partial charge in [0.25, 0.3) is 0 Å². The zero-order chi connectivity index (χ0) is 16.2. The molecule has 118 valence electrons. The quantitative estimate of drug-likeness (QED) is 0.763. The highest BCUT2D eigenvalue weighted by Crippen LogP contribution is 2.22. The van der Waals surface area contributed by atoms with Gasteiger partial charge in [0, 0.05) is 11.9 Å². The van der Waals surface area contributed by atoms with Gasteiger partial charge in [0.05, 0.1) is 11.6 Å². The number of aryl methyl sites for hydroxylation is 1. The molecule has 3 aromatic rings. The van der Waals surface area contributed by atoms with Crippen LogP contribution in [0.4, 0.5) is 5.82 Å². The van der Waals surface area contributed by atoms with Gasteiger partial charge in [-0.3, -0.25) is 0 Å². The number of para-hydroxylation sites is 1. The molecule has 1 aromatic heterocycles. The summed E-state index contributed by atoms with van der Waals surface area (Å²) in [6.07, 6.45) is 0. The highest BCUT2D eigenvalue weighted by molar-refractivity contribution is 5.83. The van der Waals surface area contributed by atoms with E-state index in [-0.39, 0.29) is 0 Å². The van der Waals surface area contributed by atoms with Gasteiger partial charge in [0.15, 0.2) is 0 Å². The fourth-order valence-corrected chi connectivity index (χ4v) is 2.92. The summed E-state index contributed by atoms with van der Waals surface area (Å²) < 4.78 is 0. The van der Waals surface area contributed by atoms with E-state index in [1.54, 1.807) is 0 Å². The van der Waals surface area contributed by atoms with E-state index in [0.717, 1.165) is 17.9 Å². The van der Waals surface area contributed by atoms with Gasteiger partial charge in [-0.2, -0.15) is 0 Å². The molecule has 2 aromatic carbocycles. The van der Waals surface area contributed by atoms with Gasteiger partial charge >= 0.3 is 0 Å². The zero-order valence-electron chi connectivity index (χ0n) is 14.0. The van der Waals surface area contributed by atoms with Crippen LogP contribution in [0.3, 0.4) is 0 Å². The number of anilines is 1. The first-order chi connectivity index (χ1) is 11.1. The Morgan fingerprint density at radius 1 is 1.00 bits per heavy atom. The third-order valence-corrected chi connectivity index (χ3v) is 4.21. The zero-order valence-corrected chi connectivity index (χ0v) is 14.0. The van der Waals surface area contributed by atoms with Crippen molar-refractivity contribution in [1.82, 2.24) is 9.88 Å². The van der Waals surface area contributed by atoms with Crippen molar-refractivity contribution in [1.29, 1.82) is 0 Å². The predicted octanol–water partition coefficient (Wildman–Crippen LogP) is 4.26. The highest BCUT2D eigenvalue weighted by atomic mass is 15.1. The molecule has 1 N–H and O–H groups in total. The van der Waals surface area contributed by atoms with Gasteiger partial charge in [-0.15, -0.1) is 0 Å². The van der Waals surface area contributed by atoms with E-state index in [9.17, 15) is 0 Å². The molecule has 0 fully saturated rings. The fraction of sp³-hybridized carbons (Fsp3) is 0.250. The number of hydrogen-bond acceptors (Lipinski definition) is 3. The van der Waals surface area contributed by atoms with Crippen LogP contribution in [0.2, 0.25) is 0 Å². The van der Waals surface area contributed by atoms with Crippen LogP contribution < -0.4 is 5.32 Å². The Morgan fingerprint density at radius 3 is 2.43 bits per heavy atom. The van der Waals surface area contributed by atoms with Crippen LogP contribution in [-0.4, -0.2) is 30.5 Å². The summed E-state index contributed by atoms with van der Waals surface area (Å²) in [6, 6.07) is 21.3. The predicted molar refractivity (Wildman–Crippen MR) is 97.8 cm³/mol. The van der Waals surface area contributed by atoms with Gasteiger partial charge in [0.2, 0.25) is 0 Å². The van der Waals surface area contributed by atoms with E-state index < -0.39 is 0 Å². The molecule has 0 bridgehead atoms. The summed E-state index contributed by atoms with van der Waals surface area (Å²) in [5, 5.41) is 4.72. The van der Waals surface area contributed by atoms with Crippen molar-refractivity contribution in [3.8, 4) is 0 Å². The van der Waals surface area contributed by atoms with Gasteiger partial charge in [-0.1, -0.05) is 48.5 Å². The second kappa shape index (κ2) is 6.80. The van der Waals surface area contributed by atoms with E-state index in [0.29, 0.717) is 6.04 Å². The maximum Gasteiger partial charge on any atom is 0.126 e. The molecule has 3 nitrogen and oxygen atoms in total.